The van der Waals surface area contributed by atoms with Gasteiger partial charge in [-0.25, -0.2) is 4.79 Å². The molecule has 0 N–H and O–H groups in total. The molecular formula is C16H21ClN2O3. The van der Waals surface area contributed by atoms with Crippen LogP contribution in [0.2, 0.25) is 0 Å². The number of rotatable bonds is 5. The molecule has 2 aliphatic rings. The Hall–Kier alpha value is -1.49. The average Bonchev–Trinajstić information content (AvgIpc) is 3.14. The molecule has 120 valence electrons. The summed E-state index contributed by atoms with van der Waals surface area (Å²) in [4.78, 5) is 25.8. The van der Waals surface area contributed by atoms with Crippen LogP contribution in [-0.2, 0) is 23.1 Å². The van der Waals surface area contributed by atoms with Crippen LogP contribution in [0.3, 0.4) is 0 Å². The minimum Gasteiger partial charge on any atom is -0.464 e. The second-order valence-corrected chi connectivity index (χ2v) is 6.69. The Morgan fingerprint density at radius 1 is 1.50 bits per heavy atom. The van der Waals surface area contributed by atoms with Crippen LogP contribution in [0.15, 0.2) is 12.3 Å². The van der Waals surface area contributed by atoms with Crippen molar-refractivity contribution in [3.63, 3.8) is 0 Å². The molecule has 1 heterocycles. The SMILES string of the molecule is COC(=O)c1cc(CN(C(=O)CCl)C2CC23CCC3)cn1C. The zero-order valence-corrected chi connectivity index (χ0v) is 13.7. The Kier molecular flexibility index (Phi) is 3.93. The molecule has 3 rings (SSSR count). The van der Waals surface area contributed by atoms with Crippen LogP contribution < -0.4 is 0 Å². The monoisotopic (exact) mass is 324 g/mol. The first-order valence-electron chi connectivity index (χ1n) is 7.60. The molecule has 1 atom stereocenters. The summed E-state index contributed by atoms with van der Waals surface area (Å²) in [6, 6.07) is 2.10. The number of amides is 1. The molecule has 22 heavy (non-hydrogen) atoms. The first kappa shape index (κ1) is 15.4. The number of alkyl halides is 1. The molecule has 1 aromatic heterocycles. The predicted octanol–water partition coefficient (Wildman–Crippen LogP) is 2.32. The highest BCUT2D eigenvalue weighted by atomic mass is 35.5. The normalized spacial score (nSPS) is 21.3. The van der Waals surface area contributed by atoms with Crippen molar-refractivity contribution in [1.82, 2.24) is 9.47 Å². The van der Waals surface area contributed by atoms with Crippen molar-refractivity contribution in [3.05, 3.63) is 23.5 Å². The lowest BCUT2D eigenvalue weighted by atomic mass is 9.81. The molecule has 0 aromatic carbocycles. The van der Waals surface area contributed by atoms with E-state index in [-0.39, 0.29) is 17.8 Å². The standard InChI is InChI=1S/C16H21ClN2O3/c1-18-9-11(6-12(18)15(21)22-2)10-19(14(20)8-17)13-7-16(13)4-3-5-16/h6,9,13H,3-5,7-8,10H2,1-2H3. The number of carbonyl (C=O) groups excluding carboxylic acids is 2. The van der Waals surface area contributed by atoms with E-state index in [9.17, 15) is 9.59 Å². The number of methoxy groups -OCH3 is 1. The minimum atomic E-state index is -0.370. The van der Waals surface area contributed by atoms with Crippen LogP contribution in [0.4, 0.5) is 0 Å². The molecule has 0 aliphatic heterocycles. The number of hydrogen-bond acceptors (Lipinski definition) is 3. The maximum atomic E-state index is 12.2. The molecule has 1 spiro atoms. The Morgan fingerprint density at radius 3 is 2.73 bits per heavy atom. The molecule has 0 saturated heterocycles. The summed E-state index contributed by atoms with van der Waals surface area (Å²) in [7, 11) is 3.16. The largest absolute Gasteiger partial charge is 0.464 e. The van der Waals surface area contributed by atoms with Gasteiger partial charge in [0.1, 0.15) is 11.6 Å². The molecule has 1 aromatic rings. The van der Waals surface area contributed by atoms with Gasteiger partial charge in [0.15, 0.2) is 0 Å². The van der Waals surface area contributed by atoms with Gasteiger partial charge in [-0.1, -0.05) is 6.42 Å². The highest BCUT2D eigenvalue weighted by molar-refractivity contribution is 6.27. The van der Waals surface area contributed by atoms with Gasteiger partial charge in [-0.2, -0.15) is 0 Å². The van der Waals surface area contributed by atoms with Gasteiger partial charge < -0.3 is 14.2 Å². The van der Waals surface area contributed by atoms with Crippen LogP contribution in [0.5, 0.6) is 0 Å². The summed E-state index contributed by atoms with van der Waals surface area (Å²) in [6.07, 6.45) is 6.65. The highest BCUT2D eigenvalue weighted by Gasteiger charge is 2.60. The van der Waals surface area contributed by atoms with E-state index in [1.54, 1.807) is 17.7 Å². The van der Waals surface area contributed by atoms with E-state index in [0.29, 0.717) is 23.7 Å². The molecule has 5 nitrogen and oxygen atoms in total. The van der Waals surface area contributed by atoms with Crippen molar-refractivity contribution in [2.75, 3.05) is 13.0 Å². The summed E-state index contributed by atoms with van der Waals surface area (Å²) in [6.45, 7) is 0.503. The van der Waals surface area contributed by atoms with Gasteiger partial charge in [-0.05, 0) is 36.3 Å². The van der Waals surface area contributed by atoms with E-state index in [0.717, 1.165) is 12.0 Å². The first-order valence-corrected chi connectivity index (χ1v) is 8.13. The van der Waals surface area contributed by atoms with E-state index in [4.69, 9.17) is 16.3 Å². The van der Waals surface area contributed by atoms with Crippen LogP contribution >= 0.6 is 11.6 Å². The van der Waals surface area contributed by atoms with Crippen LogP contribution in [-0.4, -0.2) is 40.4 Å². The Bertz CT molecular complexity index is 607. The zero-order chi connectivity index (χ0) is 15.9. The summed E-state index contributed by atoms with van der Waals surface area (Å²) in [5, 5.41) is 0. The zero-order valence-electron chi connectivity index (χ0n) is 13.0. The lowest BCUT2D eigenvalue weighted by Crippen LogP contribution is -2.37. The molecule has 2 fully saturated rings. The average molecular weight is 325 g/mol. The molecule has 6 heteroatoms. The van der Waals surface area contributed by atoms with Crippen molar-refractivity contribution in [3.8, 4) is 0 Å². The number of nitrogens with zero attached hydrogens (tertiary/aromatic N) is 2. The van der Waals surface area contributed by atoms with E-state index in [1.165, 1.54) is 26.4 Å². The summed E-state index contributed by atoms with van der Waals surface area (Å²) in [5.74, 6) is -0.395. The fourth-order valence-corrected chi connectivity index (χ4v) is 3.76. The van der Waals surface area contributed by atoms with Gasteiger partial charge in [0.05, 0.1) is 7.11 Å². The topological polar surface area (TPSA) is 51.5 Å². The van der Waals surface area contributed by atoms with E-state index < -0.39 is 0 Å². The predicted molar refractivity (Wildman–Crippen MR) is 82.7 cm³/mol. The number of carbonyl (C=O) groups is 2. The highest BCUT2D eigenvalue weighted by Crippen LogP contribution is 2.63. The summed E-state index contributed by atoms with van der Waals surface area (Å²) >= 11 is 5.78. The van der Waals surface area contributed by atoms with Crippen molar-refractivity contribution in [1.29, 1.82) is 0 Å². The van der Waals surface area contributed by atoms with Gasteiger partial charge in [-0.3, -0.25) is 4.79 Å². The second kappa shape index (κ2) is 5.61. The number of aryl methyl sites for hydroxylation is 1. The number of hydrogen-bond donors (Lipinski definition) is 0. The number of aromatic nitrogens is 1. The van der Waals surface area contributed by atoms with Gasteiger partial charge in [0.2, 0.25) is 5.91 Å². The van der Waals surface area contributed by atoms with Crippen molar-refractivity contribution in [2.24, 2.45) is 12.5 Å². The Balaban J connectivity index is 1.76. The van der Waals surface area contributed by atoms with Gasteiger partial charge in [-0.15, -0.1) is 11.6 Å². The molecule has 0 radical (unpaired) electrons. The molecular weight excluding hydrogens is 304 g/mol. The maximum absolute atomic E-state index is 12.2. The van der Waals surface area contributed by atoms with E-state index in [2.05, 4.69) is 0 Å². The summed E-state index contributed by atoms with van der Waals surface area (Å²) in [5.41, 5.74) is 1.79. The van der Waals surface area contributed by atoms with E-state index in [1.807, 2.05) is 11.1 Å². The molecule has 0 bridgehead atoms. The van der Waals surface area contributed by atoms with Crippen molar-refractivity contribution < 1.29 is 14.3 Å². The molecule has 1 amide bonds. The van der Waals surface area contributed by atoms with Crippen LogP contribution in [0, 0.1) is 5.41 Å². The quantitative estimate of drug-likeness (QED) is 0.617. The van der Waals surface area contributed by atoms with Gasteiger partial charge >= 0.3 is 5.97 Å². The number of halogens is 1. The Morgan fingerprint density at radius 2 is 2.23 bits per heavy atom. The third kappa shape index (κ3) is 2.51. The van der Waals surface area contributed by atoms with Crippen LogP contribution in [0.1, 0.15) is 41.7 Å². The lowest BCUT2D eigenvalue weighted by Gasteiger charge is -2.31. The van der Waals surface area contributed by atoms with Crippen molar-refractivity contribution >= 4 is 23.5 Å². The van der Waals surface area contributed by atoms with Crippen molar-refractivity contribution in [2.45, 2.75) is 38.3 Å². The van der Waals surface area contributed by atoms with Gasteiger partial charge in [0.25, 0.3) is 0 Å². The molecule has 1 unspecified atom stereocenters. The fraction of sp³-hybridized carbons (Fsp3) is 0.625. The number of ether oxygens (including phenoxy) is 1. The number of esters is 1. The maximum Gasteiger partial charge on any atom is 0.354 e. The molecule has 2 saturated carbocycles. The third-order valence-corrected chi connectivity index (χ3v) is 5.34. The molecule has 2 aliphatic carbocycles. The minimum absolute atomic E-state index is 0.00325. The van der Waals surface area contributed by atoms with Gasteiger partial charge in [0, 0.05) is 25.8 Å². The second-order valence-electron chi connectivity index (χ2n) is 6.43. The third-order valence-electron chi connectivity index (χ3n) is 5.12. The Labute approximate surface area is 135 Å². The first-order chi connectivity index (χ1) is 10.5. The van der Waals surface area contributed by atoms with Crippen LogP contribution in [0.25, 0.3) is 0 Å². The smallest absolute Gasteiger partial charge is 0.354 e. The lowest BCUT2D eigenvalue weighted by molar-refractivity contribution is -0.130. The summed E-state index contributed by atoms with van der Waals surface area (Å²) < 4.78 is 6.49. The van der Waals surface area contributed by atoms with E-state index >= 15 is 0 Å². The fourth-order valence-electron chi connectivity index (χ4n) is 3.61.